The lowest BCUT2D eigenvalue weighted by molar-refractivity contribution is -0.129. The van der Waals surface area contributed by atoms with Crippen molar-refractivity contribution in [3.8, 4) is 17.1 Å². The fourth-order valence-corrected chi connectivity index (χ4v) is 4.47. The van der Waals surface area contributed by atoms with Crippen molar-refractivity contribution in [3.63, 3.8) is 0 Å². The quantitative estimate of drug-likeness (QED) is 0.335. The van der Waals surface area contributed by atoms with Crippen LogP contribution in [0.1, 0.15) is 18.2 Å². The largest absolute Gasteiger partial charge is 0.497 e. The number of nitrogens with zero attached hydrogens (tertiary/aromatic N) is 4. The van der Waals surface area contributed by atoms with E-state index in [0.717, 1.165) is 22.6 Å². The Morgan fingerprint density at radius 1 is 1.12 bits per heavy atom. The molecule has 0 aliphatic rings. The lowest BCUT2D eigenvalue weighted by Crippen LogP contribution is -2.33. The van der Waals surface area contributed by atoms with Gasteiger partial charge in [-0.3, -0.25) is 9.36 Å². The Kier molecular flexibility index (Phi) is 7.14. The van der Waals surface area contributed by atoms with E-state index in [1.54, 1.807) is 18.3 Å². The van der Waals surface area contributed by atoms with Crippen LogP contribution in [0.3, 0.4) is 0 Å². The second kappa shape index (κ2) is 10.4. The number of benzene rings is 2. The molecular weight excluding hydrogens is 436 g/mol. The lowest BCUT2D eigenvalue weighted by atomic mass is 10.2. The minimum Gasteiger partial charge on any atom is -0.497 e. The molecule has 0 radical (unpaired) electrons. The summed E-state index contributed by atoms with van der Waals surface area (Å²) in [5.74, 6) is 2.23. The van der Waals surface area contributed by atoms with E-state index in [-0.39, 0.29) is 11.2 Å². The molecule has 8 heteroatoms. The molecule has 0 unspecified atom stereocenters. The summed E-state index contributed by atoms with van der Waals surface area (Å²) in [5.41, 5.74) is 1.97. The number of methoxy groups -OCH3 is 1. The highest BCUT2D eigenvalue weighted by Gasteiger charge is 2.24. The standard InChI is InChI=1S/C25H26N4O3S/c1-18(24(30)28(2)16-19-9-5-4-6-10-19)33-25-27-26-23(20-11-7-12-21(15-20)31-3)29(25)17-22-13-8-14-32-22/h4-15,18H,16-17H2,1-3H3/t18-/m1/s1. The smallest absolute Gasteiger partial charge is 0.235 e. The molecule has 0 aliphatic carbocycles. The summed E-state index contributed by atoms with van der Waals surface area (Å²) in [5, 5.41) is 9.17. The molecular formula is C25H26N4O3S. The number of hydrogen-bond donors (Lipinski definition) is 0. The molecule has 170 valence electrons. The Hall–Kier alpha value is -3.52. The van der Waals surface area contributed by atoms with Gasteiger partial charge in [-0.15, -0.1) is 10.2 Å². The maximum atomic E-state index is 13.1. The number of carbonyl (C=O) groups excluding carboxylic acids is 1. The molecule has 1 atom stereocenters. The van der Waals surface area contributed by atoms with Crippen molar-refractivity contribution in [2.45, 2.75) is 30.4 Å². The van der Waals surface area contributed by atoms with Gasteiger partial charge in [-0.2, -0.15) is 0 Å². The third-order valence-electron chi connectivity index (χ3n) is 5.21. The third-order valence-corrected chi connectivity index (χ3v) is 6.28. The molecule has 0 bridgehead atoms. The van der Waals surface area contributed by atoms with Crippen LogP contribution in [0.5, 0.6) is 5.75 Å². The van der Waals surface area contributed by atoms with E-state index < -0.39 is 0 Å². The molecule has 2 aromatic heterocycles. The van der Waals surface area contributed by atoms with Gasteiger partial charge in [-0.05, 0) is 36.8 Å². The Balaban J connectivity index is 1.57. The van der Waals surface area contributed by atoms with Crippen LogP contribution in [-0.2, 0) is 17.9 Å². The highest BCUT2D eigenvalue weighted by Crippen LogP contribution is 2.30. The molecule has 7 nitrogen and oxygen atoms in total. The van der Waals surface area contributed by atoms with Gasteiger partial charge < -0.3 is 14.1 Å². The summed E-state index contributed by atoms with van der Waals surface area (Å²) in [7, 11) is 3.45. The van der Waals surface area contributed by atoms with Crippen LogP contribution in [-0.4, -0.2) is 45.0 Å². The van der Waals surface area contributed by atoms with Gasteiger partial charge >= 0.3 is 0 Å². The molecule has 0 saturated carbocycles. The van der Waals surface area contributed by atoms with E-state index in [1.807, 2.05) is 85.3 Å². The summed E-state index contributed by atoms with van der Waals surface area (Å²) >= 11 is 1.39. The highest BCUT2D eigenvalue weighted by atomic mass is 32.2. The Bertz CT molecular complexity index is 1190. The number of aromatic nitrogens is 3. The summed E-state index contributed by atoms with van der Waals surface area (Å²) in [6.07, 6.45) is 1.64. The van der Waals surface area contributed by atoms with Crippen LogP contribution in [0.2, 0.25) is 0 Å². The molecule has 2 heterocycles. The third kappa shape index (κ3) is 5.46. The van der Waals surface area contributed by atoms with E-state index in [1.165, 1.54) is 11.8 Å². The minimum atomic E-state index is -0.337. The zero-order valence-corrected chi connectivity index (χ0v) is 19.7. The van der Waals surface area contributed by atoms with Gasteiger partial charge in [0.05, 0.1) is 25.2 Å². The fourth-order valence-electron chi connectivity index (χ4n) is 3.51. The number of rotatable bonds is 9. The van der Waals surface area contributed by atoms with E-state index in [0.29, 0.717) is 24.1 Å². The molecule has 0 N–H and O–H groups in total. The normalized spacial score (nSPS) is 11.8. The first kappa shape index (κ1) is 22.7. The van der Waals surface area contributed by atoms with Crippen molar-refractivity contribution in [3.05, 3.63) is 84.3 Å². The predicted molar refractivity (Wildman–Crippen MR) is 128 cm³/mol. The molecule has 0 spiro atoms. The molecule has 4 aromatic rings. The zero-order chi connectivity index (χ0) is 23.2. The maximum Gasteiger partial charge on any atom is 0.235 e. The molecule has 0 saturated heterocycles. The van der Waals surface area contributed by atoms with Crippen LogP contribution in [0.25, 0.3) is 11.4 Å². The Morgan fingerprint density at radius 3 is 2.67 bits per heavy atom. The summed E-state index contributed by atoms with van der Waals surface area (Å²) in [4.78, 5) is 14.8. The van der Waals surface area contributed by atoms with Gasteiger partial charge in [0.25, 0.3) is 0 Å². The van der Waals surface area contributed by atoms with Gasteiger partial charge in [0.15, 0.2) is 11.0 Å². The van der Waals surface area contributed by atoms with E-state index in [4.69, 9.17) is 9.15 Å². The molecule has 1 amide bonds. The van der Waals surface area contributed by atoms with Gasteiger partial charge in [-0.1, -0.05) is 54.2 Å². The first-order valence-electron chi connectivity index (χ1n) is 10.6. The second-order valence-electron chi connectivity index (χ2n) is 7.64. The van der Waals surface area contributed by atoms with Gasteiger partial charge in [-0.25, -0.2) is 0 Å². The first-order chi connectivity index (χ1) is 16.0. The second-order valence-corrected chi connectivity index (χ2v) is 8.95. The monoisotopic (exact) mass is 462 g/mol. The summed E-state index contributed by atoms with van der Waals surface area (Å²) in [6, 6.07) is 21.4. The molecule has 4 rings (SSSR count). The van der Waals surface area contributed by atoms with Gasteiger partial charge in [0.2, 0.25) is 5.91 Å². The number of thioether (sulfide) groups is 1. The number of furan rings is 1. The fraction of sp³-hybridized carbons (Fsp3) is 0.240. The van der Waals surface area contributed by atoms with Crippen molar-refractivity contribution in [1.29, 1.82) is 0 Å². The highest BCUT2D eigenvalue weighted by molar-refractivity contribution is 8.00. The number of ether oxygens (including phenoxy) is 1. The van der Waals surface area contributed by atoms with Crippen LogP contribution in [0.15, 0.2) is 82.6 Å². The predicted octanol–water partition coefficient (Wildman–Crippen LogP) is 4.73. The number of carbonyl (C=O) groups is 1. The molecule has 0 fully saturated rings. The average molecular weight is 463 g/mol. The SMILES string of the molecule is COc1cccc(-c2nnc(S[C@H](C)C(=O)N(C)Cc3ccccc3)n2Cc2ccco2)c1. The van der Waals surface area contributed by atoms with Crippen molar-refractivity contribution >= 4 is 17.7 Å². The van der Waals surface area contributed by atoms with Gasteiger partial charge in [0.1, 0.15) is 11.5 Å². The van der Waals surface area contributed by atoms with Crippen LogP contribution >= 0.6 is 11.8 Å². The van der Waals surface area contributed by atoms with Crippen LogP contribution < -0.4 is 4.74 Å². The van der Waals surface area contributed by atoms with E-state index >= 15 is 0 Å². The van der Waals surface area contributed by atoms with Gasteiger partial charge in [0, 0.05) is 19.2 Å². The van der Waals surface area contributed by atoms with Crippen LogP contribution in [0.4, 0.5) is 0 Å². The Morgan fingerprint density at radius 2 is 1.94 bits per heavy atom. The molecule has 2 aromatic carbocycles. The topological polar surface area (TPSA) is 73.4 Å². The molecule has 33 heavy (non-hydrogen) atoms. The van der Waals surface area contributed by atoms with E-state index in [2.05, 4.69) is 10.2 Å². The first-order valence-corrected chi connectivity index (χ1v) is 11.5. The zero-order valence-electron chi connectivity index (χ0n) is 18.8. The van der Waals surface area contributed by atoms with Crippen molar-refractivity contribution in [1.82, 2.24) is 19.7 Å². The van der Waals surface area contributed by atoms with Crippen molar-refractivity contribution < 1.29 is 13.9 Å². The average Bonchev–Trinajstić information content (AvgIpc) is 3.50. The van der Waals surface area contributed by atoms with Crippen LogP contribution in [0, 0.1) is 0 Å². The summed E-state index contributed by atoms with van der Waals surface area (Å²) in [6.45, 7) is 2.90. The summed E-state index contributed by atoms with van der Waals surface area (Å²) < 4.78 is 12.9. The van der Waals surface area contributed by atoms with Crippen molar-refractivity contribution in [2.24, 2.45) is 0 Å². The minimum absolute atomic E-state index is 0.0272. The van der Waals surface area contributed by atoms with Crippen molar-refractivity contribution in [2.75, 3.05) is 14.2 Å². The van der Waals surface area contributed by atoms with E-state index in [9.17, 15) is 4.79 Å². The number of amides is 1. The Labute approximate surface area is 197 Å². The molecule has 0 aliphatic heterocycles. The number of hydrogen-bond acceptors (Lipinski definition) is 6. The lowest BCUT2D eigenvalue weighted by Gasteiger charge is -2.21. The maximum absolute atomic E-state index is 13.1.